The number of nitrogens with zero attached hydrogens (tertiary/aromatic N) is 1. The summed E-state index contributed by atoms with van der Waals surface area (Å²) >= 11 is 0. The Labute approximate surface area is 312 Å². The van der Waals surface area contributed by atoms with Crippen LogP contribution in [0.3, 0.4) is 0 Å². The van der Waals surface area contributed by atoms with Gasteiger partial charge in [0.2, 0.25) is 0 Å². The second-order valence-corrected chi connectivity index (χ2v) is 15.6. The number of esters is 2. The normalized spacial score (nSPS) is 11.7. The first-order chi connectivity index (χ1) is 24.4. The van der Waals surface area contributed by atoms with E-state index in [2.05, 4.69) is 32.6 Å². The number of carbonyl (C=O) groups is 2. The zero-order chi connectivity index (χ0) is 36.8. The van der Waals surface area contributed by atoms with Crippen LogP contribution >= 0.6 is 0 Å². The maximum Gasteiger partial charge on any atom is 0.308 e. The fourth-order valence-electron chi connectivity index (χ4n) is 6.86. The zero-order valence-electron chi connectivity index (χ0n) is 34.1. The summed E-state index contributed by atoms with van der Waals surface area (Å²) in [6, 6.07) is 0. The molecule has 0 aromatic heterocycles. The number of rotatable bonds is 40. The number of aliphatic hydroxyl groups is 1. The van der Waals surface area contributed by atoms with Crippen molar-refractivity contribution in [3.63, 3.8) is 0 Å². The first-order valence-electron chi connectivity index (χ1n) is 22.1. The van der Waals surface area contributed by atoms with Crippen molar-refractivity contribution in [2.75, 3.05) is 39.5 Å². The van der Waals surface area contributed by atoms with Crippen molar-refractivity contribution in [3.05, 3.63) is 0 Å². The average Bonchev–Trinajstić information content (AvgIpc) is 3.10. The predicted octanol–water partition coefficient (Wildman–Crippen LogP) is 12.4. The van der Waals surface area contributed by atoms with E-state index in [0.29, 0.717) is 26.2 Å². The van der Waals surface area contributed by atoms with E-state index < -0.39 is 0 Å². The number of ether oxygens (including phenoxy) is 2. The van der Waals surface area contributed by atoms with Crippen LogP contribution in [-0.2, 0) is 19.1 Å². The van der Waals surface area contributed by atoms with Crippen LogP contribution in [0.1, 0.15) is 220 Å². The predicted molar refractivity (Wildman–Crippen MR) is 214 cm³/mol. The van der Waals surface area contributed by atoms with Crippen molar-refractivity contribution in [1.29, 1.82) is 0 Å². The minimum absolute atomic E-state index is 0.0509. The molecular formula is C44H87NO5. The number of unbranched alkanes of at least 4 members (excludes halogenated alkanes) is 21. The maximum absolute atomic E-state index is 12.9. The molecule has 1 N–H and O–H groups in total. The van der Waals surface area contributed by atoms with Gasteiger partial charge in [-0.25, -0.2) is 0 Å². The summed E-state index contributed by atoms with van der Waals surface area (Å²) in [7, 11) is 0. The Morgan fingerprint density at radius 2 is 0.920 bits per heavy atom. The fourth-order valence-corrected chi connectivity index (χ4v) is 6.86. The largest absolute Gasteiger partial charge is 0.466 e. The van der Waals surface area contributed by atoms with Gasteiger partial charge in [0, 0.05) is 13.0 Å². The van der Waals surface area contributed by atoms with E-state index in [9.17, 15) is 14.7 Å². The van der Waals surface area contributed by atoms with Gasteiger partial charge in [0.15, 0.2) is 0 Å². The first-order valence-corrected chi connectivity index (χ1v) is 22.1. The Morgan fingerprint density at radius 1 is 0.500 bits per heavy atom. The van der Waals surface area contributed by atoms with Gasteiger partial charge in [-0.2, -0.15) is 0 Å². The summed E-state index contributed by atoms with van der Waals surface area (Å²) in [5, 5.41) is 9.53. The molecule has 0 spiro atoms. The third-order valence-corrected chi connectivity index (χ3v) is 10.2. The number of aliphatic hydroxyl groups excluding tert-OH is 1. The summed E-state index contributed by atoms with van der Waals surface area (Å²) in [6.07, 6.45) is 34.9. The molecule has 0 heterocycles. The molecule has 50 heavy (non-hydrogen) atoms. The standard InChI is InChI=1S/C44H87NO5/c1-5-7-9-11-17-24-32-42(33-25-18-12-10-8-6-2)44(48)50-40-30-21-15-19-27-35-45(37-38-46)36-28-22-26-34-43(47)49-39-29-20-14-13-16-23-31-41(3)4/h41-42,46H,5-40H2,1-4H3. The smallest absolute Gasteiger partial charge is 0.308 e. The minimum Gasteiger partial charge on any atom is -0.466 e. The van der Waals surface area contributed by atoms with Gasteiger partial charge >= 0.3 is 11.9 Å². The molecule has 0 aliphatic carbocycles. The van der Waals surface area contributed by atoms with E-state index in [4.69, 9.17) is 9.47 Å². The van der Waals surface area contributed by atoms with E-state index >= 15 is 0 Å². The van der Waals surface area contributed by atoms with Crippen LogP contribution in [0.2, 0.25) is 0 Å². The highest BCUT2D eigenvalue weighted by atomic mass is 16.5. The topological polar surface area (TPSA) is 76.1 Å². The summed E-state index contributed by atoms with van der Waals surface area (Å²) in [5.74, 6) is 0.901. The highest BCUT2D eigenvalue weighted by Crippen LogP contribution is 2.21. The van der Waals surface area contributed by atoms with Crippen LogP contribution in [0.5, 0.6) is 0 Å². The molecule has 6 nitrogen and oxygen atoms in total. The van der Waals surface area contributed by atoms with Crippen molar-refractivity contribution in [3.8, 4) is 0 Å². The second-order valence-electron chi connectivity index (χ2n) is 15.6. The van der Waals surface area contributed by atoms with Crippen molar-refractivity contribution in [2.24, 2.45) is 11.8 Å². The molecule has 0 radical (unpaired) electrons. The molecule has 0 unspecified atom stereocenters. The van der Waals surface area contributed by atoms with E-state index in [1.165, 1.54) is 103 Å². The molecular weight excluding hydrogens is 622 g/mol. The maximum atomic E-state index is 12.9. The third kappa shape index (κ3) is 35.3. The van der Waals surface area contributed by atoms with Gasteiger partial charge in [0.25, 0.3) is 0 Å². The quantitative estimate of drug-likeness (QED) is 0.0504. The fraction of sp³-hybridized carbons (Fsp3) is 0.955. The Hall–Kier alpha value is -1.14. The molecule has 0 fully saturated rings. The molecule has 0 aliphatic rings. The lowest BCUT2D eigenvalue weighted by Crippen LogP contribution is -2.29. The molecule has 0 aromatic carbocycles. The highest BCUT2D eigenvalue weighted by Gasteiger charge is 2.19. The number of carbonyl (C=O) groups excluding carboxylic acids is 2. The van der Waals surface area contributed by atoms with Crippen LogP contribution in [0.25, 0.3) is 0 Å². The summed E-state index contributed by atoms with van der Waals surface area (Å²) < 4.78 is 11.2. The van der Waals surface area contributed by atoms with Crippen molar-refractivity contribution in [1.82, 2.24) is 4.90 Å². The van der Waals surface area contributed by atoms with E-state index in [1.807, 2.05) is 0 Å². The summed E-state index contributed by atoms with van der Waals surface area (Å²) in [5.41, 5.74) is 0. The van der Waals surface area contributed by atoms with Gasteiger partial charge in [-0.3, -0.25) is 9.59 Å². The van der Waals surface area contributed by atoms with E-state index in [1.54, 1.807) is 0 Å². The molecule has 0 aliphatic heterocycles. The molecule has 298 valence electrons. The van der Waals surface area contributed by atoms with Gasteiger partial charge in [0.05, 0.1) is 25.7 Å². The van der Waals surface area contributed by atoms with Crippen molar-refractivity contribution < 1.29 is 24.2 Å². The Kier molecular flexibility index (Phi) is 38.2. The molecule has 0 aromatic rings. The molecule has 6 heteroatoms. The van der Waals surface area contributed by atoms with Gasteiger partial charge in [-0.15, -0.1) is 0 Å². The van der Waals surface area contributed by atoms with Crippen LogP contribution < -0.4 is 0 Å². The molecule has 0 atom stereocenters. The van der Waals surface area contributed by atoms with Gasteiger partial charge in [0.1, 0.15) is 0 Å². The number of hydrogen-bond acceptors (Lipinski definition) is 6. The van der Waals surface area contributed by atoms with Crippen LogP contribution in [0, 0.1) is 11.8 Å². The minimum atomic E-state index is -0.0509. The Bertz CT molecular complexity index is 699. The lowest BCUT2D eigenvalue weighted by molar-refractivity contribution is -0.149. The average molecular weight is 710 g/mol. The first kappa shape index (κ1) is 48.9. The Morgan fingerprint density at radius 3 is 1.42 bits per heavy atom. The lowest BCUT2D eigenvalue weighted by Gasteiger charge is -2.21. The van der Waals surface area contributed by atoms with Crippen LogP contribution in [0.4, 0.5) is 0 Å². The molecule has 0 amide bonds. The molecule has 0 saturated heterocycles. The Balaban J connectivity index is 3.96. The van der Waals surface area contributed by atoms with Crippen molar-refractivity contribution in [2.45, 2.75) is 220 Å². The van der Waals surface area contributed by atoms with Crippen LogP contribution in [-0.4, -0.2) is 61.4 Å². The van der Waals surface area contributed by atoms with Crippen molar-refractivity contribution >= 4 is 11.9 Å². The number of hydrogen-bond donors (Lipinski definition) is 1. The van der Waals surface area contributed by atoms with Gasteiger partial charge < -0.3 is 19.5 Å². The van der Waals surface area contributed by atoms with Gasteiger partial charge in [-0.05, 0) is 64.0 Å². The lowest BCUT2D eigenvalue weighted by atomic mass is 9.94. The van der Waals surface area contributed by atoms with Gasteiger partial charge in [-0.1, -0.05) is 169 Å². The molecule has 0 rings (SSSR count). The molecule has 0 saturated carbocycles. The van der Waals surface area contributed by atoms with E-state index in [-0.39, 0.29) is 24.5 Å². The summed E-state index contributed by atoms with van der Waals surface area (Å²) in [4.78, 5) is 27.4. The zero-order valence-corrected chi connectivity index (χ0v) is 34.1. The molecule has 0 bridgehead atoms. The van der Waals surface area contributed by atoms with E-state index in [0.717, 1.165) is 102 Å². The summed E-state index contributed by atoms with van der Waals surface area (Å²) in [6.45, 7) is 13.1. The highest BCUT2D eigenvalue weighted by molar-refractivity contribution is 5.72. The SMILES string of the molecule is CCCCCCCCC(CCCCCCCC)C(=O)OCCCCCCCN(CCO)CCCCCC(=O)OCCCCCCCCC(C)C. The van der Waals surface area contributed by atoms with Crippen LogP contribution in [0.15, 0.2) is 0 Å². The third-order valence-electron chi connectivity index (χ3n) is 10.2. The second kappa shape index (κ2) is 39.1. The monoisotopic (exact) mass is 710 g/mol.